The molecule has 0 aliphatic carbocycles. The van der Waals surface area contributed by atoms with Crippen LogP contribution >= 0.6 is 11.6 Å². The average molecular weight is 528 g/mol. The Morgan fingerprint density at radius 1 is 0.972 bits per heavy atom. The molecular formula is C28H46ClNO6. The number of nitrogens with zero attached hydrogens (tertiary/aromatic N) is 1. The quantitative estimate of drug-likeness (QED) is 0.177. The van der Waals surface area contributed by atoms with E-state index in [0.717, 1.165) is 38.4 Å². The molecule has 1 aliphatic rings. The SMILES string of the molecule is CC.CC.CCCO/N=C1\C=C\CC/C=C/CCOC(=O)c2c(O)cc(O)c(Cl)c2C1.CCCOC. The third-order valence-corrected chi connectivity index (χ3v) is 4.68. The summed E-state index contributed by atoms with van der Waals surface area (Å²) >= 11 is 6.23. The van der Waals surface area contributed by atoms with Gasteiger partial charge in [-0.05, 0) is 43.7 Å². The molecule has 0 amide bonds. The van der Waals surface area contributed by atoms with E-state index < -0.39 is 11.7 Å². The molecule has 0 fully saturated rings. The molecule has 1 aliphatic heterocycles. The summed E-state index contributed by atoms with van der Waals surface area (Å²) in [4.78, 5) is 17.8. The Hall–Kier alpha value is -2.51. The van der Waals surface area contributed by atoms with Crippen LogP contribution in [0.5, 0.6) is 11.5 Å². The molecule has 0 unspecified atom stereocenters. The monoisotopic (exact) mass is 527 g/mol. The standard InChI is InChI=1S/C20H24ClNO5.C4H10O.2C2H6/c1-2-10-27-22-14-9-7-5-3-4-6-8-11-26-20(25)18-15(12-14)19(21)17(24)13-16(18)23;1-3-4-5-2;2*1-2/h4,6-7,9,13,23-24H,2-3,5,8,10-12H2,1H3;3-4H2,1-2H3;2*1-2H3/b6-4+,9-7+,22-14+;;;. The molecule has 0 bridgehead atoms. The molecule has 0 aromatic heterocycles. The van der Waals surface area contributed by atoms with E-state index in [1.807, 2.05) is 52.8 Å². The van der Waals surface area contributed by atoms with Gasteiger partial charge in [-0.25, -0.2) is 4.79 Å². The van der Waals surface area contributed by atoms with Crippen LogP contribution < -0.4 is 0 Å². The number of halogens is 1. The van der Waals surface area contributed by atoms with Crippen LogP contribution in [-0.4, -0.2) is 48.8 Å². The number of hydrogen-bond acceptors (Lipinski definition) is 7. The number of carbonyl (C=O) groups is 1. The zero-order valence-corrected chi connectivity index (χ0v) is 23.9. The molecule has 1 aromatic carbocycles. The summed E-state index contributed by atoms with van der Waals surface area (Å²) < 4.78 is 9.93. The number of carbonyl (C=O) groups excluding carboxylic acids is 1. The first-order valence-electron chi connectivity index (χ1n) is 12.9. The number of phenolic OH excluding ortho intramolecular Hbond substituents is 2. The van der Waals surface area contributed by atoms with Gasteiger partial charge in [-0.3, -0.25) is 0 Å². The van der Waals surface area contributed by atoms with E-state index in [1.54, 1.807) is 13.2 Å². The van der Waals surface area contributed by atoms with E-state index in [-0.39, 0.29) is 34.9 Å². The first-order valence-corrected chi connectivity index (χ1v) is 13.2. The average Bonchev–Trinajstić information content (AvgIpc) is 2.88. The number of fused-ring (bicyclic) bond motifs is 1. The highest BCUT2D eigenvalue weighted by atomic mass is 35.5. The lowest BCUT2D eigenvalue weighted by Gasteiger charge is -2.14. The molecule has 206 valence electrons. The number of methoxy groups -OCH3 is 1. The van der Waals surface area contributed by atoms with Gasteiger partial charge >= 0.3 is 5.97 Å². The fourth-order valence-corrected chi connectivity index (χ4v) is 2.96. The highest BCUT2D eigenvalue weighted by molar-refractivity contribution is 6.33. The molecule has 0 spiro atoms. The van der Waals surface area contributed by atoms with Crippen LogP contribution in [-0.2, 0) is 20.7 Å². The second-order valence-corrected chi connectivity index (χ2v) is 7.42. The number of oxime groups is 1. The van der Waals surface area contributed by atoms with Crippen molar-refractivity contribution < 1.29 is 29.3 Å². The van der Waals surface area contributed by atoms with Crippen molar-refractivity contribution in [2.24, 2.45) is 5.16 Å². The van der Waals surface area contributed by atoms with E-state index in [0.29, 0.717) is 18.7 Å². The van der Waals surface area contributed by atoms with Gasteiger partial charge in [0.15, 0.2) is 0 Å². The van der Waals surface area contributed by atoms with Crippen molar-refractivity contribution in [3.8, 4) is 11.5 Å². The molecular weight excluding hydrogens is 482 g/mol. The van der Waals surface area contributed by atoms with Crippen LogP contribution in [0.4, 0.5) is 0 Å². The minimum absolute atomic E-state index is 0.0247. The third kappa shape index (κ3) is 14.8. The van der Waals surface area contributed by atoms with Gasteiger partial charge in [0.05, 0.1) is 17.3 Å². The van der Waals surface area contributed by atoms with Crippen LogP contribution in [0, 0.1) is 0 Å². The maximum atomic E-state index is 12.5. The van der Waals surface area contributed by atoms with Gasteiger partial charge in [0, 0.05) is 26.2 Å². The number of rotatable bonds is 5. The molecule has 36 heavy (non-hydrogen) atoms. The normalized spacial score (nSPS) is 16.2. The van der Waals surface area contributed by atoms with Crippen LogP contribution in [0.3, 0.4) is 0 Å². The van der Waals surface area contributed by atoms with Gasteiger partial charge in [-0.2, -0.15) is 0 Å². The molecule has 0 saturated heterocycles. The van der Waals surface area contributed by atoms with Crippen LogP contribution in [0.2, 0.25) is 5.02 Å². The molecule has 7 nitrogen and oxygen atoms in total. The van der Waals surface area contributed by atoms with Crippen molar-refractivity contribution in [1.29, 1.82) is 0 Å². The van der Waals surface area contributed by atoms with Crippen LogP contribution in [0.25, 0.3) is 0 Å². The maximum absolute atomic E-state index is 12.5. The number of cyclic esters (lactones) is 1. The topological polar surface area (TPSA) is 97.6 Å². The predicted octanol–water partition coefficient (Wildman–Crippen LogP) is 7.62. The Morgan fingerprint density at radius 3 is 2.17 bits per heavy atom. The van der Waals surface area contributed by atoms with Crippen molar-refractivity contribution in [1.82, 2.24) is 0 Å². The summed E-state index contributed by atoms with van der Waals surface area (Å²) in [5, 5.41) is 24.3. The van der Waals surface area contributed by atoms with Crippen molar-refractivity contribution in [2.75, 3.05) is 26.9 Å². The van der Waals surface area contributed by atoms with Crippen molar-refractivity contribution in [3.05, 3.63) is 46.5 Å². The summed E-state index contributed by atoms with van der Waals surface area (Å²) in [6.45, 7) is 13.6. The molecule has 2 N–H and O–H groups in total. The fraction of sp³-hybridized carbons (Fsp3) is 0.571. The number of allylic oxidation sites excluding steroid dienone is 3. The Labute approximate surface area is 222 Å². The summed E-state index contributed by atoms with van der Waals surface area (Å²) in [5.74, 6) is -1.41. The van der Waals surface area contributed by atoms with Gasteiger partial charge in [0.25, 0.3) is 0 Å². The maximum Gasteiger partial charge on any atom is 0.342 e. The second kappa shape index (κ2) is 24.2. The lowest BCUT2D eigenvalue weighted by Crippen LogP contribution is -2.13. The first-order chi connectivity index (χ1) is 17.5. The van der Waals surface area contributed by atoms with E-state index >= 15 is 0 Å². The number of phenols is 2. The number of aromatic hydroxyl groups is 2. The van der Waals surface area contributed by atoms with E-state index in [9.17, 15) is 15.0 Å². The highest BCUT2D eigenvalue weighted by Crippen LogP contribution is 2.37. The van der Waals surface area contributed by atoms with Crippen LogP contribution in [0.15, 0.2) is 35.5 Å². The van der Waals surface area contributed by atoms with E-state index in [1.165, 1.54) is 0 Å². The summed E-state index contributed by atoms with van der Waals surface area (Å²) in [7, 11) is 1.71. The molecule has 2 rings (SSSR count). The Kier molecular flexibility index (Phi) is 24.0. The number of hydrogen-bond donors (Lipinski definition) is 2. The highest BCUT2D eigenvalue weighted by Gasteiger charge is 2.24. The molecule has 8 heteroatoms. The molecule has 0 radical (unpaired) electrons. The van der Waals surface area contributed by atoms with Gasteiger partial charge in [-0.1, -0.05) is 76.5 Å². The molecule has 0 saturated carbocycles. The Bertz CT molecular complexity index is 804. The number of esters is 1. The third-order valence-electron chi connectivity index (χ3n) is 4.26. The van der Waals surface area contributed by atoms with Crippen LogP contribution in [0.1, 0.15) is 89.6 Å². The van der Waals surface area contributed by atoms with Gasteiger partial charge < -0.3 is 24.5 Å². The Balaban J connectivity index is 0. The minimum Gasteiger partial charge on any atom is -0.507 e. The Morgan fingerprint density at radius 2 is 1.58 bits per heavy atom. The first kappa shape index (κ1) is 35.7. The summed E-state index contributed by atoms with van der Waals surface area (Å²) in [5.41, 5.74) is 0.691. The lowest BCUT2D eigenvalue weighted by molar-refractivity contribution is 0.0507. The number of ether oxygens (including phenoxy) is 2. The summed E-state index contributed by atoms with van der Waals surface area (Å²) in [6, 6.07) is 1.03. The van der Waals surface area contributed by atoms with Crippen molar-refractivity contribution >= 4 is 23.3 Å². The summed E-state index contributed by atoms with van der Waals surface area (Å²) in [6.07, 6.45) is 12.0. The predicted molar refractivity (Wildman–Crippen MR) is 149 cm³/mol. The van der Waals surface area contributed by atoms with Crippen molar-refractivity contribution in [2.45, 2.75) is 80.1 Å². The van der Waals surface area contributed by atoms with Gasteiger partial charge in [0.2, 0.25) is 0 Å². The molecule has 1 heterocycles. The van der Waals surface area contributed by atoms with E-state index in [4.69, 9.17) is 25.9 Å². The van der Waals surface area contributed by atoms with E-state index in [2.05, 4.69) is 12.1 Å². The lowest BCUT2D eigenvalue weighted by atomic mass is 9.99. The second-order valence-electron chi connectivity index (χ2n) is 7.04. The minimum atomic E-state index is -0.701. The fourth-order valence-electron chi connectivity index (χ4n) is 2.74. The zero-order valence-electron chi connectivity index (χ0n) is 23.1. The number of benzene rings is 1. The molecule has 0 atom stereocenters. The van der Waals surface area contributed by atoms with Crippen molar-refractivity contribution in [3.63, 3.8) is 0 Å². The van der Waals surface area contributed by atoms with Gasteiger partial charge in [-0.15, -0.1) is 0 Å². The smallest absolute Gasteiger partial charge is 0.342 e. The molecule has 1 aromatic rings. The van der Waals surface area contributed by atoms with Gasteiger partial charge in [0.1, 0.15) is 23.7 Å². The zero-order chi connectivity index (χ0) is 27.8. The largest absolute Gasteiger partial charge is 0.507 e.